The van der Waals surface area contributed by atoms with Crippen LogP contribution in [0.1, 0.15) is 32.1 Å². The van der Waals surface area contributed by atoms with Gasteiger partial charge in [0.2, 0.25) is 11.8 Å². The number of carbonyl (C=O) groups excluding carboxylic acids is 2. The Kier molecular flexibility index (Phi) is 4.69. The first-order valence-corrected chi connectivity index (χ1v) is 9.63. The van der Waals surface area contributed by atoms with Gasteiger partial charge in [0.1, 0.15) is 5.82 Å². The van der Waals surface area contributed by atoms with E-state index in [0.29, 0.717) is 43.5 Å². The van der Waals surface area contributed by atoms with Gasteiger partial charge in [0, 0.05) is 30.7 Å². The Morgan fingerprint density at radius 2 is 1.69 bits per heavy atom. The summed E-state index contributed by atoms with van der Waals surface area (Å²) in [5, 5.41) is 2.84. The average Bonchev–Trinajstić information content (AvgIpc) is 3.24. The van der Waals surface area contributed by atoms with Crippen molar-refractivity contribution >= 4 is 17.5 Å². The highest BCUT2D eigenvalue weighted by molar-refractivity contribution is 5.92. The second kappa shape index (κ2) is 6.99. The molecular formula is C20H26FN3O2. The maximum atomic E-state index is 12.9. The van der Waals surface area contributed by atoms with Gasteiger partial charge in [-0.1, -0.05) is 0 Å². The second-order valence-corrected chi connectivity index (χ2v) is 8.03. The van der Waals surface area contributed by atoms with Gasteiger partial charge in [-0.3, -0.25) is 9.59 Å². The van der Waals surface area contributed by atoms with Gasteiger partial charge in [-0.25, -0.2) is 4.39 Å². The van der Waals surface area contributed by atoms with Crippen molar-refractivity contribution < 1.29 is 14.0 Å². The minimum absolute atomic E-state index is 0.0146. The first-order valence-electron chi connectivity index (χ1n) is 9.63. The van der Waals surface area contributed by atoms with E-state index < -0.39 is 0 Å². The third-order valence-electron chi connectivity index (χ3n) is 6.55. The zero-order valence-electron chi connectivity index (χ0n) is 14.9. The van der Waals surface area contributed by atoms with Crippen LogP contribution in [-0.2, 0) is 9.59 Å². The van der Waals surface area contributed by atoms with Crippen LogP contribution in [0.4, 0.5) is 10.1 Å². The summed E-state index contributed by atoms with van der Waals surface area (Å²) in [4.78, 5) is 27.2. The molecule has 1 saturated heterocycles. The number of hydrogen-bond donors (Lipinski definition) is 2. The fourth-order valence-corrected chi connectivity index (χ4v) is 5.05. The molecule has 1 heterocycles. The molecule has 4 rings (SSSR count). The highest BCUT2D eigenvalue weighted by Gasteiger charge is 2.50. The average molecular weight is 359 g/mol. The molecule has 6 heteroatoms. The zero-order valence-corrected chi connectivity index (χ0v) is 14.9. The van der Waals surface area contributed by atoms with E-state index >= 15 is 0 Å². The number of anilines is 1. The lowest BCUT2D eigenvalue weighted by molar-refractivity contribution is -0.140. The fraction of sp³-hybridized carbons (Fsp3) is 0.600. The fourth-order valence-electron chi connectivity index (χ4n) is 5.05. The Bertz CT molecular complexity index is 683. The summed E-state index contributed by atoms with van der Waals surface area (Å²) in [6.07, 6.45) is 4.73. The molecule has 0 aromatic heterocycles. The number of amides is 2. The monoisotopic (exact) mass is 359 g/mol. The number of nitrogens with one attached hydrogen (secondary N) is 1. The number of piperidine rings is 1. The van der Waals surface area contributed by atoms with Gasteiger partial charge in [0.25, 0.3) is 0 Å². The molecule has 2 amide bonds. The van der Waals surface area contributed by atoms with Crippen LogP contribution < -0.4 is 11.1 Å². The van der Waals surface area contributed by atoms with E-state index in [1.807, 2.05) is 4.90 Å². The highest BCUT2D eigenvalue weighted by Crippen LogP contribution is 2.48. The van der Waals surface area contributed by atoms with Crippen LogP contribution >= 0.6 is 0 Å². The quantitative estimate of drug-likeness (QED) is 0.870. The van der Waals surface area contributed by atoms with E-state index in [1.54, 1.807) is 12.1 Å². The number of nitrogens with two attached hydrogens (primary N) is 1. The predicted octanol–water partition coefficient (Wildman–Crippen LogP) is 2.38. The molecule has 1 aromatic carbocycles. The van der Waals surface area contributed by atoms with Crippen LogP contribution in [0.15, 0.2) is 24.3 Å². The molecule has 4 unspecified atom stereocenters. The van der Waals surface area contributed by atoms with Gasteiger partial charge in [0.05, 0.1) is 5.92 Å². The first-order chi connectivity index (χ1) is 12.5. The number of benzene rings is 1. The third-order valence-corrected chi connectivity index (χ3v) is 6.55. The highest BCUT2D eigenvalue weighted by atomic mass is 19.1. The normalized spacial score (nSPS) is 31.2. The minimum Gasteiger partial charge on any atom is -0.342 e. The lowest BCUT2D eigenvalue weighted by Gasteiger charge is -2.36. The van der Waals surface area contributed by atoms with Gasteiger partial charge < -0.3 is 16.0 Å². The van der Waals surface area contributed by atoms with Crippen LogP contribution in [0.2, 0.25) is 0 Å². The zero-order chi connectivity index (χ0) is 18.3. The van der Waals surface area contributed by atoms with Crippen molar-refractivity contribution in [3.63, 3.8) is 0 Å². The van der Waals surface area contributed by atoms with E-state index in [1.165, 1.54) is 18.6 Å². The van der Waals surface area contributed by atoms with Crippen molar-refractivity contribution in [2.45, 2.75) is 38.1 Å². The Morgan fingerprint density at radius 3 is 2.31 bits per heavy atom. The molecule has 1 aliphatic heterocycles. The number of rotatable bonds is 3. The molecule has 1 aromatic rings. The van der Waals surface area contributed by atoms with Gasteiger partial charge >= 0.3 is 0 Å². The van der Waals surface area contributed by atoms with Crippen LogP contribution in [-0.4, -0.2) is 35.8 Å². The van der Waals surface area contributed by atoms with Gasteiger partial charge in [0.15, 0.2) is 0 Å². The first kappa shape index (κ1) is 17.5. The van der Waals surface area contributed by atoms with Crippen molar-refractivity contribution in [1.29, 1.82) is 0 Å². The van der Waals surface area contributed by atoms with Gasteiger partial charge in [-0.2, -0.15) is 0 Å². The number of likely N-dealkylation sites (tertiary alicyclic amines) is 1. The summed E-state index contributed by atoms with van der Waals surface area (Å²) in [6.45, 7) is 1.22. The van der Waals surface area contributed by atoms with Crippen LogP contribution in [0, 0.1) is 29.5 Å². The standard InChI is InChI=1S/C20H26FN3O2/c21-15-3-5-16(6-4-15)23-19(25)12-7-9-24(10-8-12)20(26)17-13-1-2-14(11-13)18(17)22/h3-6,12-14,17-18H,1-2,7-11,22H2,(H,23,25). The summed E-state index contributed by atoms with van der Waals surface area (Å²) in [7, 11) is 0. The summed E-state index contributed by atoms with van der Waals surface area (Å²) < 4.78 is 12.9. The lowest BCUT2D eigenvalue weighted by atomic mass is 9.83. The molecule has 26 heavy (non-hydrogen) atoms. The lowest BCUT2D eigenvalue weighted by Crippen LogP contribution is -2.50. The molecule has 0 radical (unpaired) electrons. The molecule has 0 spiro atoms. The maximum Gasteiger partial charge on any atom is 0.227 e. The van der Waals surface area contributed by atoms with Crippen molar-refractivity contribution in [3.05, 3.63) is 30.1 Å². The van der Waals surface area contributed by atoms with Crippen LogP contribution in [0.3, 0.4) is 0 Å². The summed E-state index contributed by atoms with van der Waals surface area (Å²) in [5.41, 5.74) is 6.91. The van der Waals surface area contributed by atoms with Crippen LogP contribution in [0.25, 0.3) is 0 Å². The molecular weight excluding hydrogens is 333 g/mol. The molecule has 5 nitrogen and oxygen atoms in total. The molecule has 3 fully saturated rings. The van der Waals surface area contributed by atoms with Gasteiger partial charge in [-0.05, 0) is 68.2 Å². The van der Waals surface area contributed by atoms with Crippen molar-refractivity contribution in [3.8, 4) is 0 Å². The van der Waals surface area contributed by atoms with Crippen molar-refractivity contribution in [1.82, 2.24) is 4.90 Å². The smallest absolute Gasteiger partial charge is 0.227 e. The second-order valence-electron chi connectivity index (χ2n) is 8.03. The van der Waals surface area contributed by atoms with E-state index in [-0.39, 0.29) is 35.5 Å². The Morgan fingerprint density at radius 1 is 1.04 bits per heavy atom. The maximum absolute atomic E-state index is 12.9. The number of carbonyl (C=O) groups is 2. The predicted molar refractivity (Wildman–Crippen MR) is 96.6 cm³/mol. The Balaban J connectivity index is 1.30. The molecule has 140 valence electrons. The Labute approximate surface area is 153 Å². The largest absolute Gasteiger partial charge is 0.342 e. The SMILES string of the molecule is NC1C2CCC(C2)C1C(=O)N1CCC(C(=O)Nc2ccc(F)cc2)CC1. The topological polar surface area (TPSA) is 75.4 Å². The number of hydrogen-bond acceptors (Lipinski definition) is 3. The molecule has 3 N–H and O–H groups in total. The minimum atomic E-state index is -0.325. The van der Waals surface area contributed by atoms with E-state index in [0.717, 1.165) is 12.8 Å². The summed E-state index contributed by atoms with van der Waals surface area (Å²) >= 11 is 0. The number of nitrogens with zero attached hydrogens (tertiary/aromatic N) is 1. The van der Waals surface area contributed by atoms with E-state index in [2.05, 4.69) is 5.32 Å². The summed E-state index contributed by atoms with van der Waals surface area (Å²) in [6, 6.07) is 5.79. The third kappa shape index (κ3) is 3.22. The molecule has 2 aliphatic carbocycles. The number of fused-ring (bicyclic) bond motifs is 2. The Hall–Kier alpha value is -1.95. The molecule has 2 saturated carbocycles. The molecule has 3 aliphatic rings. The van der Waals surface area contributed by atoms with Crippen LogP contribution in [0.5, 0.6) is 0 Å². The summed E-state index contributed by atoms with van der Waals surface area (Å²) in [5.74, 6) is 0.669. The van der Waals surface area contributed by atoms with E-state index in [9.17, 15) is 14.0 Å². The van der Waals surface area contributed by atoms with Crippen molar-refractivity contribution in [2.75, 3.05) is 18.4 Å². The van der Waals surface area contributed by atoms with Crippen molar-refractivity contribution in [2.24, 2.45) is 29.4 Å². The molecule has 2 bridgehead atoms. The van der Waals surface area contributed by atoms with E-state index in [4.69, 9.17) is 5.73 Å². The van der Waals surface area contributed by atoms with Gasteiger partial charge in [-0.15, -0.1) is 0 Å². The molecule has 4 atom stereocenters. The number of halogens is 1.